The average molecular weight is 359 g/mol. The van der Waals surface area contributed by atoms with Crippen molar-refractivity contribution in [2.24, 2.45) is 0 Å². The third-order valence-electron chi connectivity index (χ3n) is 2.59. The summed E-state index contributed by atoms with van der Waals surface area (Å²) in [6.45, 7) is -0.326. The number of benzene rings is 2. The largest absolute Gasteiger partial charge is 0.448 e. The summed E-state index contributed by atoms with van der Waals surface area (Å²) < 4.78 is 6.01. The van der Waals surface area contributed by atoms with E-state index < -0.39 is 4.92 Å². The van der Waals surface area contributed by atoms with Crippen LogP contribution in [0.5, 0.6) is 11.5 Å². The van der Waals surface area contributed by atoms with Crippen molar-refractivity contribution in [3.63, 3.8) is 0 Å². The highest BCUT2D eigenvalue weighted by Crippen LogP contribution is 2.40. The lowest BCUT2D eigenvalue weighted by Crippen LogP contribution is -1.97. The lowest BCUT2D eigenvalue weighted by atomic mass is 10.2. The molecule has 0 saturated carbocycles. The Morgan fingerprint density at radius 2 is 2.00 bits per heavy atom. The summed E-state index contributed by atoms with van der Waals surface area (Å²) in [5.74, 6) is 0.337. The molecule has 0 aliphatic heterocycles. The molecular weight excluding hydrogens is 350 g/mol. The molecule has 1 N–H and O–H groups in total. The van der Waals surface area contributed by atoms with Crippen LogP contribution in [0.25, 0.3) is 0 Å². The zero-order valence-electron chi connectivity index (χ0n) is 10.0. The van der Waals surface area contributed by atoms with Gasteiger partial charge >= 0.3 is 5.69 Å². The molecule has 0 saturated heterocycles. The minimum atomic E-state index is -0.538. The van der Waals surface area contributed by atoms with Gasteiger partial charge in [0.2, 0.25) is 5.75 Å². The van der Waals surface area contributed by atoms with E-state index in [0.717, 1.165) is 0 Å². The molecule has 0 aliphatic rings. The van der Waals surface area contributed by atoms with Gasteiger partial charge in [-0.3, -0.25) is 10.1 Å². The van der Waals surface area contributed by atoms with Crippen LogP contribution in [-0.4, -0.2) is 10.0 Å². The third kappa shape index (κ3) is 2.92. The highest BCUT2D eigenvalue weighted by Gasteiger charge is 2.20. The van der Waals surface area contributed by atoms with Crippen LogP contribution in [0.4, 0.5) is 5.69 Å². The van der Waals surface area contributed by atoms with Gasteiger partial charge in [0.25, 0.3) is 0 Å². The molecule has 0 atom stereocenters. The maximum absolute atomic E-state index is 11.0. The third-order valence-corrected chi connectivity index (χ3v) is 3.57. The molecule has 0 amide bonds. The molecule has 7 heteroatoms. The van der Waals surface area contributed by atoms with Gasteiger partial charge in [-0.1, -0.05) is 23.7 Å². The Morgan fingerprint density at radius 1 is 1.30 bits per heavy atom. The van der Waals surface area contributed by atoms with E-state index >= 15 is 0 Å². The number of para-hydroxylation sites is 1. The second kappa shape index (κ2) is 6.21. The molecule has 2 aromatic carbocycles. The minimum absolute atomic E-state index is 0.0643. The predicted octanol–water partition coefficient (Wildman–Crippen LogP) is 4.30. The number of ether oxygens (including phenoxy) is 1. The number of rotatable bonds is 4. The number of halogens is 2. The lowest BCUT2D eigenvalue weighted by Gasteiger charge is -2.12. The molecule has 2 aromatic rings. The molecular formula is C13H9BrClNO4. The molecule has 2 rings (SSSR count). The van der Waals surface area contributed by atoms with Crippen LogP contribution in [0.3, 0.4) is 0 Å². The zero-order chi connectivity index (χ0) is 14.7. The van der Waals surface area contributed by atoms with Gasteiger partial charge in [0.15, 0.2) is 0 Å². The van der Waals surface area contributed by atoms with Gasteiger partial charge < -0.3 is 9.84 Å². The van der Waals surface area contributed by atoms with E-state index in [9.17, 15) is 15.2 Å². The molecule has 0 bridgehead atoms. The number of hydrogen-bond acceptors (Lipinski definition) is 4. The first kappa shape index (κ1) is 14.8. The summed E-state index contributed by atoms with van der Waals surface area (Å²) in [7, 11) is 0. The molecule has 0 aromatic heterocycles. The second-order valence-corrected chi connectivity index (χ2v) is 5.08. The van der Waals surface area contributed by atoms with Crippen LogP contribution < -0.4 is 4.74 Å². The Balaban J connectivity index is 2.50. The van der Waals surface area contributed by atoms with Crippen LogP contribution in [0, 0.1) is 10.1 Å². The van der Waals surface area contributed by atoms with Gasteiger partial charge in [0, 0.05) is 16.7 Å². The fourth-order valence-electron chi connectivity index (χ4n) is 1.64. The predicted molar refractivity (Wildman–Crippen MR) is 78.2 cm³/mol. The normalized spacial score (nSPS) is 10.3. The molecule has 0 spiro atoms. The van der Waals surface area contributed by atoms with Crippen molar-refractivity contribution >= 4 is 33.2 Å². The van der Waals surface area contributed by atoms with Crippen molar-refractivity contribution in [1.82, 2.24) is 0 Å². The van der Waals surface area contributed by atoms with Crippen LogP contribution in [-0.2, 0) is 6.61 Å². The lowest BCUT2D eigenvalue weighted by molar-refractivity contribution is -0.385. The van der Waals surface area contributed by atoms with Gasteiger partial charge in [-0.2, -0.15) is 0 Å². The molecule has 20 heavy (non-hydrogen) atoms. The average Bonchev–Trinajstić information content (AvgIpc) is 2.41. The van der Waals surface area contributed by atoms with Crippen LogP contribution in [0.15, 0.2) is 40.9 Å². The number of aliphatic hydroxyl groups is 1. The number of nitrogens with zero attached hydrogens (tertiary/aromatic N) is 1. The van der Waals surface area contributed by atoms with Crippen LogP contribution in [0.1, 0.15) is 5.56 Å². The summed E-state index contributed by atoms with van der Waals surface area (Å²) in [6, 6.07) is 9.34. The van der Waals surface area contributed by atoms with Gasteiger partial charge in [-0.25, -0.2) is 0 Å². The van der Waals surface area contributed by atoms with Crippen molar-refractivity contribution < 1.29 is 14.8 Å². The molecule has 0 unspecified atom stereocenters. The van der Waals surface area contributed by atoms with E-state index in [4.69, 9.17) is 16.3 Å². The summed E-state index contributed by atoms with van der Waals surface area (Å²) in [5.41, 5.74) is 0.197. The molecule has 0 fully saturated rings. The number of nitro groups is 1. The smallest absolute Gasteiger partial charge is 0.312 e. The van der Waals surface area contributed by atoms with Gasteiger partial charge in [-0.05, 0) is 34.1 Å². The molecule has 104 valence electrons. The Hall–Kier alpha value is -1.63. The quantitative estimate of drug-likeness (QED) is 0.653. The Bertz CT molecular complexity index is 663. The summed E-state index contributed by atoms with van der Waals surface area (Å²) >= 11 is 9.17. The van der Waals surface area contributed by atoms with Crippen molar-refractivity contribution in [3.05, 3.63) is 61.6 Å². The summed E-state index contributed by atoms with van der Waals surface area (Å²) in [6.07, 6.45) is 0. The van der Waals surface area contributed by atoms with E-state index in [1.807, 2.05) is 0 Å². The number of nitro benzene ring substituents is 1. The van der Waals surface area contributed by atoms with E-state index in [2.05, 4.69) is 15.9 Å². The van der Waals surface area contributed by atoms with Crippen LogP contribution in [0.2, 0.25) is 5.02 Å². The summed E-state index contributed by atoms with van der Waals surface area (Å²) in [4.78, 5) is 10.5. The van der Waals surface area contributed by atoms with Crippen molar-refractivity contribution in [2.75, 3.05) is 0 Å². The maximum atomic E-state index is 11.0. The Morgan fingerprint density at radius 3 is 2.65 bits per heavy atom. The minimum Gasteiger partial charge on any atom is -0.448 e. The monoisotopic (exact) mass is 357 g/mol. The SMILES string of the molecule is O=[N+]([O-])c1cccc(Br)c1Oc1cccc(Cl)c1CO. The topological polar surface area (TPSA) is 72.6 Å². The van der Waals surface area contributed by atoms with Crippen molar-refractivity contribution in [3.8, 4) is 11.5 Å². The first-order chi connectivity index (χ1) is 9.54. The van der Waals surface area contributed by atoms with E-state index in [1.54, 1.807) is 30.3 Å². The fourth-order valence-corrected chi connectivity index (χ4v) is 2.30. The molecule has 0 aliphatic carbocycles. The van der Waals surface area contributed by atoms with Gasteiger partial charge in [0.1, 0.15) is 5.75 Å². The first-order valence-corrected chi connectivity index (χ1v) is 6.70. The zero-order valence-corrected chi connectivity index (χ0v) is 12.4. The van der Waals surface area contributed by atoms with E-state index in [0.29, 0.717) is 15.1 Å². The van der Waals surface area contributed by atoms with Crippen molar-refractivity contribution in [1.29, 1.82) is 0 Å². The maximum Gasteiger partial charge on any atom is 0.312 e. The first-order valence-electron chi connectivity index (χ1n) is 5.53. The standard InChI is InChI=1S/C13H9BrClNO4/c14-9-3-1-5-11(16(18)19)13(9)20-12-6-2-4-10(15)8(12)7-17/h1-6,17H,7H2. The molecule has 5 nitrogen and oxygen atoms in total. The van der Waals surface area contributed by atoms with E-state index in [-0.39, 0.29) is 23.8 Å². The summed E-state index contributed by atoms with van der Waals surface area (Å²) in [5, 5.41) is 20.7. The Kier molecular flexibility index (Phi) is 4.59. The van der Waals surface area contributed by atoms with Gasteiger partial charge in [-0.15, -0.1) is 0 Å². The molecule has 0 heterocycles. The highest BCUT2D eigenvalue weighted by atomic mass is 79.9. The van der Waals surface area contributed by atoms with Crippen LogP contribution >= 0.6 is 27.5 Å². The second-order valence-electron chi connectivity index (χ2n) is 3.82. The van der Waals surface area contributed by atoms with E-state index in [1.165, 1.54) is 6.07 Å². The van der Waals surface area contributed by atoms with Gasteiger partial charge in [0.05, 0.1) is 16.0 Å². The fraction of sp³-hybridized carbons (Fsp3) is 0.0769. The highest BCUT2D eigenvalue weighted by molar-refractivity contribution is 9.10. The Labute approximate surface area is 128 Å². The number of aliphatic hydroxyl groups excluding tert-OH is 1. The number of hydrogen-bond donors (Lipinski definition) is 1. The molecule has 0 radical (unpaired) electrons. The van der Waals surface area contributed by atoms with Crippen molar-refractivity contribution in [2.45, 2.75) is 6.61 Å².